The van der Waals surface area contributed by atoms with Crippen molar-refractivity contribution >= 4 is 23.0 Å². The van der Waals surface area contributed by atoms with Crippen molar-refractivity contribution in [2.75, 3.05) is 11.9 Å². The first-order chi connectivity index (χ1) is 12.1. The van der Waals surface area contributed by atoms with Crippen molar-refractivity contribution < 1.29 is 9.59 Å². The largest absolute Gasteiger partial charge is 0.351 e. The molecular formula is C19H20N4O2. The zero-order valence-electron chi connectivity index (χ0n) is 14.2. The Bertz CT molecular complexity index is 930. The summed E-state index contributed by atoms with van der Waals surface area (Å²) in [7, 11) is 0. The summed E-state index contributed by atoms with van der Waals surface area (Å²) in [5.41, 5.74) is 2.59. The van der Waals surface area contributed by atoms with E-state index in [-0.39, 0.29) is 23.3 Å². The fourth-order valence-corrected chi connectivity index (χ4v) is 2.60. The average molecular weight is 336 g/mol. The first kappa shape index (κ1) is 16.7. The minimum Gasteiger partial charge on any atom is -0.351 e. The van der Waals surface area contributed by atoms with Gasteiger partial charge in [-0.1, -0.05) is 25.1 Å². The molecule has 0 bridgehead atoms. The summed E-state index contributed by atoms with van der Waals surface area (Å²) >= 11 is 0. The van der Waals surface area contributed by atoms with Crippen molar-refractivity contribution in [3.63, 3.8) is 0 Å². The molecule has 3 rings (SSSR count). The van der Waals surface area contributed by atoms with Crippen molar-refractivity contribution in [3.8, 4) is 0 Å². The van der Waals surface area contributed by atoms with E-state index in [0.717, 1.165) is 12.0 Å². The normalized spacial score (nSPS) is 10.6. The summed E-state index contributed by atoms with van der Waals surface area (Å²) in [4.78, 5) is 29.3. The van der Waals surface area contributed by atoms with Crippen LogP contribution in [0.1, 0.15) is 40.0 Å². The molecule has 6 nitrogen and oxygen atoms in total. The summed E-state index contributed by atoms with van der Waals surface area (Å²) in [6.07, 6.45) is 2.56. The third kappa shape index (κ3) is 3.52. The highest BCUT2D eigenvalue weighted by atomic mass is 16.2. The molecule has 0 spiro atoms. The molecule has 0 aliphatic carbocycles. The number of imidazole rings is 1. The summed E-state index contributed by atoms with van der Waals surface area (Å²) < 4.78 is 1.63. The predicted octanol–water partition coefficient (Wildman–Crippen LogP) is 3.03. The number of nitrogens with zero attached hydrogens (tertiary/aromatic N) is 2. The van der Waals surface area contributed by atoms with Crippen LogP contribution in [0, 0.1) is 6.92 Å². The van der Waals surface area contributed by atoms with Gasteiger partial charge < -0.3 is 10.6 Å². The third-order valence-corrected chi connectivity index (χ3v) is 3.78. The first-order valence-electron chi connectivity index (χ1n) is 8.23. The van der Waals surface area contributed by atoms with E-state index in [4.69, 9.17) is 0 Å². The number of aryl methyl sites for hydroxylation is 1. The van der Waals surface area contributed by atoms with Gasteiger partial charge in [0, 0.05) is 18.4 Å². The van der Waals surface area contributed by atoms with Crippen LogP contribution < -0.4 is 10.6 Å². The molecule has 1 aromatic carbocycles. The van der Waals surface area contributed by atoms with Crippen molar-refractivity contribution in [1.29, 1.82) is 0 Å². The van der Waals surface area contributed by atoms with E-state index >= 15 is 0 Å². The maximum Gasteiger partial charge on any atom is 0.292 e. The highest BCUT2D eigenvalue weighted by Gasteiger charge is 2.21. The number of hydrogen-bond donors (Lipinski definition) is 2. The van der Waals surface area contributed by atoms with Gasteiger partial charge in [0.2, 0.25) is 5.82 Å². The fourth-order valence-electron chi connectivity index (χ4n) is 2.60. The van der Waals surface area contributed by atoms with E-state index in [1.165, 1.54) is 0 Å². The fraction of sp³-hybridized carbons (Fsp3) is 0.211. The monoisotopic (exact) mass is 336 g/mol. The van der Waals surface area contributed by atoms with Crippen LogP contribution in [0.5, 0.6) is 0 Å². The van der Waals surface area contributed by atoms with Crippen LogP contribution in [-0.2, 0) is 0 Å². The van der Waals surface area contributed by atoms with Crippen LogP contribution in [-0.4, -0.2) is 27.7 Å². The molecule has 0 unspecified atom stereocenters. The number of carbonyl (C=O) groups excluding carboxylic acids is 2. The molecule has 2 amide bonds. The van der Waals surface area contributed by atoms with Gasteiger partial charge in [-0.3, -0.25) is 14.0 Å². The number of anilines is 1. The van der Waals surface area contributed by atoms with E-state index in [1.54, 1.807) is 22.7 Å². The lowest BCUT2D eigenvalue weighted by atomic mass is 10.2. The molecule has 6 heteroatoms. The number of rotatable bonds is 5. The van der Waals surface area contributed by atoms with Gasteiger partial charge in [0.05, 0.1) is 5.52 Å². The van der Waals surface area contributed by atoms with E-state index in [9.17, 15) is 9.59 Å². The molecule has 0 aliphatic heterocycles. The van der Waals surface area contributed by atoms with Gasteiger partial charge >= 0.3 is 0 Å². The average Bonchev–Trinajstić information content (AvgIpc) is 2.99. The lowest BCUT2D eigenvalue weighted by molar-refractivity contribution is 0.0951. The summed E-state index contributed by atoms with van der Waals surface area (Å²) in [5, 5.41) is 5.64. The van der Waals surface area contributed by atoms with E-state index in [1.807, 2.05) is 44.2 Å². The molecule has 25 heavy (non-hydrogen) atoms. The molecule has 0 atom stereocenters. The van der Waals surface area contributed by atoms with Crippen LogP contribution in [0.4, 0.5) is 5.69 Å². The number of aromatic nitrogens is 2. The van der Waals surface area contributed by atoms with E-state index in [2.05, 4.69) is 15.6 Å². The number of pyridine rings is 1. The number of hydrogen-bond acceptors (Lipinski definition) is 3. The Morgan fingerprint density at radius 2 is 1.96 bits per heavy atom. The Morgan fingerprint density at radius 3 is 2.72 bits per heavy atom. The van der Waals surface area contributed by atoms with Crippen molar-refractivity contribution in [2.24, 2.45) is 0 Å². The number of benzene rings is 1. The first-order valence-corrected chi connectivity index (χ1v) is 8.23. The summed E-state index contributed by atoms with van der Waals surface area (Å²) in [6.45, 7) is 4.50. The lowest BCUT2D eigenvalue weighted by Crippen LogP contribution is -2.24. The van der Waals surface area contributed by atoms with Gasteiger partial charge in [-0.05, 0) is 43.2 Å². The second-order valence-corrected chi connectivity index (χ2v) is 5.82. The van der Waals surface area contributed by atoms with Gasteiger partial charge in [0.15, 0.2) is 5.69 Å². The molecule has 0 saturated heterocycles. The van der Waals surface area contributed by atoms with Crippen LogP contribution in [0.15, 0.2) is 48.7 Å². The van der Waals surface area contributed by atoms with Crippen LogP contribution in [0.2, 0.25) is 0 Å². The summed E-state index contributed by atoms with van der Waals surface area (Å²) in [6, 6.07) is 12.9. The molecule has 0 radical (unpaired) electrons. The highest BCUT2D eigenvalue weighted by Crippen LogP contribution is 2.16. The molecular weight excluding hydrogens is 316 g/mol. The maximum absolute atomic E-state index is 12.7. The second-order valence-electron chi connectivity index (χ2n) is 5.82. The number of carbonyl (C=O) groups is 2. The Hall–Kier alpha value is -3.15. The molecule has 2 aromatic heterocycles. The number of nitrogens with one attached hydrogen (secondary N) is 2. The second kappa shape index (κ2) is 7.17. The van der Waals surface area contributed by atoms with Crippen LogP contribution in [0.3, 0.4) is 0 Å². The Kier molecular flexibility index (Phi) is 4.79. The molecule has 0 fully saturated rings. The van der Waals surface area contributed by atoms with Crippen LogP contribution in [0.25, 0.3) is 5.52 Å². The van der Waals surface area contributed by atoms with Crippen molar-refractivity contribution in [2.45, 2.75) is 20.3 Å². The van der Waals surface area contributed by atoms with Gasteiger partial charge in [-0.2, -0.15) is 0 Å². The number of amides is 2. The Labute approximate surface area is 145 Å². The predicted molar refractivity (Wildman–Crippen MR) is 96.9 cm³/mol. The Morgan fingerprint density at radius 1 is 1.12 bits per heavy atom. The molecule has 3 aromatic rings. The standard InChI is InChI=1S/C19H20N4O2/c1-3-10-20-18(24)16-15-9-4-5-11-23(15)17(22-16)19(25)21-14-8-6-7-13(2)12-14/h4-9,11-12H,3,10H2,1-2H3,(H,20,24)(H,21,25). The highest BCUT2D eigenvalue weighted by molar-refractivity contribution is 6.06. The van der Waals surface area contributed by atoms with E-state index < -0.39 is 0 Å². The quantitative estimate of drug-likeness (QED) is 0.752. The maximum atomic E-state index is 12.7. The van der Waals surface area contributed by atoms with Crippen molar-refractivity contribution in [1.82, 2.24) is 14.7 Å². The Balaban J connectivity index is 1.96. The van der Waals surface area contributed by atoms with Crippen LogP contribution >= 0.6 is 0 Å². The lowest BCUT2D eigenvalue weighted by Gasteiger charge is -2.05. The molecule has 2 heterocycles. The molecule has 0 aliphatic rings. The third-order valence-electron chi connectivity index (χ3n) is 3.78. The van der Waals surface area contributed by atoms with Gasteiger partial charge in [-0.25, -0.2) is 4.98 Å². The van der Waals surface area contributed by atoms with E-state index in [0.29, 0.717) is 17.7 Å². The smallest absolute Gasteiger partial charge is 0.292 e. The minimum atomic E-state index is -0.360. The van der Waals surface area contributed by atoms with Crippen molar-refractivity contribution in [3.05, 3.63) is 65.7 Å². The zero-order chi connectivity index (χ0) is 17.8. The molecule has 0 saturated carbocycles. The van der Waals surface area contributed by atoms with Gasteiger partial charge in [0.25, 0.3) is 11.8 Å². The summed E-state index contributed by atoms with van der Waals surface area (Å²) in [5.74, 6) is -0.458. The van der Waals surface area contributed by atoms with Gasteiger partial charge in [-0.15, -0.1) is 0 Å². The zero-order valence-corrected chi connectivity index (χ0v) is 14.2. The minimum absolute atomic E-state index is 0.179. The molecule has 2 N–H and O–H groups in total. The number of fused-ring (bicyclic) bond motifs is 1. The molecule has 128 valence electrons. The SMILES string of the molecule is CCCNC(=O)c1nc(C(=O)Nc2cccc(C)c2)n2ccccc12. The topological polar surface area (TPSA) is 75.5 Å². The van der Waals surface area contributed by atoms with Gasteiger partial charge in [0.1, 0.15) is 0 Å².